The lowest BCUT2D eigenvalue weighted by Gasteiger charge is -2.45. The maximum atomic E-state index is 12.1. The van der Waals surface area contributed by atoms with Gasteiger partial charge in [-0.2, -0.15) is 0 Å². The lowest BCUT2D eigenvalue weighted by atomic mass is 9.72. The minimum atomic E-state index is -0.796. The van der Waals surface area contributed by atoms with E-state index in [0.29, 0.717) is 6.54 Å². The molecule has 4 nitrogen and oxygen atoms in total. The van der Waals surface area contributed by atoms with Crippen molar-refractivity contribution in [1.29, 1.82) is 0 Å². The normalized spacial score (nSPS) is 20.6. The number of likely N-dealkylation sites (N-methyl/N-ethyl adjacent to an activating group) is 1. The number of quaternary nitrogens is 1. The summed E-state index contributed by atoms with van der Waals surface area (Å²) in [6, 6.07) is 6.89. The maximum absolute atomic E-state index is 12.1. The summed E-state index contributed by atoms with van der Waals surface area (Å²) in [5.41, 5.74) is 0.143. The Morgan fingerprint density at radius 2 is 1.70 bits per heavy atom. The molecule has 1 atom stereocenters. The Labute approximate surface area is 120 Å². The topological polar surface area (TPSA) is 63.5 Å². The molecule has 1 saturated carbocycles. The molecular weight excluding hydrogens is 254 g/mol. The van der Waals surface area contributed by atoms with Crippen LogP contribution in [0, 0.1) is 5.21 Å². The van der Waals surface area contributed by atoms with Gasteiger partial charge >= 0.3 is 0 Å². The van der Waals surface area contributed by atoms with E-state index in [1.165, 1.54) is 0 Å². The van der Waals surface area contributed by atoms with Crippen molar-refractivity contribution in [2.75, 3.05) is 20.6 Å². The second-order valence-corrected chi connectivity index (χ2v) is 6.56. The van der Waals surface area contributed by atoms with Crippen LogP contribution in [0.15, 0.2) is 24.3 Å². The van der Waals surface area contributed by atoms with Crippen molar-refractivity contribution in [3.05, 3.63) is 35.0 Å². The molecule has 0 radical (unpaired) electrons. The van der Waals surface area contributed by atoms with E-state index in [1.54, 1.807) is 26.2 Å². The molecule has 0 saturated heterocycles. The number of phenolic OH excluding ortho intramolecular Hbond substituents is 1. The average Bonchev–Trinajstić information content (AvgIpc) is 2.37. The molecule has 0 spiro atoms. The molecule has 20 heavy (non-hydrogen) atoms. The fraction of sp³-hybridized carbons (Fsp3) is 0.625. The highest BCUT2D eigenvalue weighted by Crippen LogP contribution is 2.41. The summed E-state index contributed by atoms with van der Waals surface area (Å²) in [6.07, 6.45) is 4.67. The molecule has 0 aromatic heterocycles. The monoisotopic (exact) mass is 279 g/mol. The van der Waals surface area contributed by atoms with Gasteiger partial charge in [-0.25, -0.2) is 0 Å². The molecule has 1 aliphatic rings. The van der Waals surface area contributed by atoms with E-state index in [2.05, 4.69) is 0 Å². The lowest BCUT2D eigenvalue weighted by molar-refractivity contribution is -0.842. The van der Waals surface area contributed by atoms with Crippen LogP contribution in [0.4, 0.5) is 0 Å². The highest BCUT2D eigenvalue weighted by atomic mass is 16.5. The molecule has 2 rings (SSSR count). The molecule has 4 heteroatoms. The number of nitrogens with zero attached hydrogens (tertiary/aromatic N) is 1. The smallest absolute Gasteiger partial charge is 0.115 e. The number of hydroxylamine groups is 3. The lowest BCUT2D eigenvalue weighted by Crippen LogP contribution is -2.47. The van der Waals surface area contributed by atoms with Crippen molar-refractivity contribution >= 4 is 0 Å². The second kappa shape index (κ2) is 5.72. The molecular formula is C16H25NO3. The van der Waals surface area contributed by atoms with E-state index in [1.807, 2.05) is 12.1 Å². The van der Waals surface area contributed by atoms with Gasteiger partial charge in [0.1, 0.15) is 5.75 Å². The van der Waals surface area contributed by atoms with E-state index >= 15 is 0 Å². The van der Waals surface area contributed by atoms with Crippen molar-refractivity contribution < 1.29 is 14.9 Å². The number of hydrogen-bond donors (Lipinski definition) is 2. The maximum Gasteiger partial charge on any atom is 0.115 e. The first kappa shape index (κ1) is 15.3. The van der Waals surface area contributed by atoms with Crippen molar-refractivity contribution in [3.63, 3.8) is 0 Å². The molecule has 0 amide bonds. The van der Waals surface area contributed by atoms with E-state index in [0.717, 1.165) is 37.7 Å². The molecule has 1 aromatic carbocycles. The summed E-state index contributed by atoms with van der Waals surface area (Å²) in [7, 11) is 3.22. The van der Waals surface area contributed by atoms with Crippen LogP contribution < -0.4 is 0 Å². The fourth-order valence-corrected chi connectivity index (χ4v) is 3.24. The molecule has 1 aliphatic carbocycles. The Morgan fingerprint density at radius 3 is 2.20 bits per heavy atom. The quantitative estimate of drug-likeness (QED) is 0.658. The Hall–Kier alpha value is -1.10. The first-order chi connectivity index (χ1) is 9.30. The number of hydrogen-bond acceptors (Lipinski definition) is 3. The van der Waals surface area contributed by atoms with Gasteiger partial charge in [0.2, 0.25) is 0 Å². The molecule has 0 aliphatic heterocycles. The molecule has 0 unspecified atom stereocenters. The first-order valence-corrected chi connectivity index (χ1v) is 7.35. The SMILES string of the molecule is C[N+](C)([O-])C[C@H](c1ccc(O)cc1)C1(O)CCCCC1. The summed E-state index contributed by atoms with van der Waals surface area (Å²) in [6.45, 7) is 0.348. The molecule has 1 fully saturated rings. The highest BCUT2D eigenvalue weighted by Gasteiger charge is 2.40. The summed E-state index contributed by atoms with van der Waals surface area (Å²) in [5.74, 6) is 0.0231. The summed E-state index contributed by atoms with van der Waals surface area (Å²) < 4.78 is -0.423. The predicted molar refractivity (Wildman–Crippen MR) is 79.2 cm³/mol. The van der Waals surface area contributed by atoms with Gasteiger partial charge in [0.25, 0.3) is 0 Å². The number of phenols is 1. The molecule has 0 heterocycles. The fourth-order valence-electron chi connectivity index (χ4n) is 3.24. The van der Waals surface area contributed by atoms with E-state index < -0.39 is 10.2 Å². The third-order valence-electron chi connectivity index (χ3n) is 4.29. The number of benzene rings is 1. The van der Waals surface area contributed by atoms with E-state index in [-0.39, 0.29) is 11.7 Å². The van der Waals surface area contributed by atoms with Gasteiger partial charge in [0.05, 0.1) is 32.2 Å². The van der Waals surface area contributed by atoms with Crippen LogP contribution in [0.2, 0.25) is 0 Å². The van der Waals surface area contributed by atoms with Crippen molar-refractivity contribution in [2.24, 2.45) is 0 Å². The van der Waals surface area contributed by atoms with Crippen molar-refractivity contribution in [1.82, 2.24) is 0 Å². The van der Waals surface area contributed by atoms with Gasteiger partial charge in [-0.3, -0.25) is 0 Å². The van der Waals surface area contributed by atoms with Gasteiger partial charge in [0, 0.05) is 0 Å². The average molecular weight is 279 g/mol. The minimum Gasteiger partial charge on any atom is -0.633 e. The Bertz CT molecular complexity index is 430. The molecule has 112 valence electrons. The van der Waals surface area contributed by atoms with Crippen LogP contribution in [0.1, 0.15) is 43.6 Å². The zero-order valence-corrected chi connectivity index (χ0v) is 12.4. The van der Waals surface area contributed by atoms with Crippen molar-refractivity contribution in [3.8, 4) is 5.75 Å². The van der Waals surface area contributed by atoms with Crippen molar-refractivity contribution in [2.45, 2.75) is 43.6 Å². The zero-order chi connectivity index (χ0) is 14.8. The molecule has 1 aromatic rings. The molecule has 0 bridgehead atoms. The largest absolute Gasteiger partial charge is 0.633 e. The van der Waals surface area contributed by atoms with Crippen LogP contribution in [-0.4, -0.2) is 41.1 Å². The van der Waals surface area contributed by atoms with E-state index in [4.69, 9.17) is 0 Å². The van der Waals surface area contributed by atoms with Gasteiger partial charge < -0.3 is 20.1 Å². The molecule has 2 N–H and O–H groups in total. The first-order valence-electron chi connectivity index (χ1n) is 7.35. The second-order valence-electron chi connectivity index (χ2n) is 6.56. The number of aliphatic hydroxyl groups is 1. The van der Waals surface area contributed by atoms with Crippen LogP contribution in [0.25, 0.3) is 0 Å². The van der Waals surface area contributed by atoms with Crippen LogP contribution in [0.5, 0.6) is 5.75 Å². The summed E-state index contributed by atoms with van der Waals surface area (Å²) in [4.78, 5) is 0. The Morgan fingerprint density at radius 1 is 1.15 bits per heavy atom. The third-order valence-corrected chi connectivity index (χ3v) is 4.29. The van der Waals surface area contributed by atoms with Crippen LogP contribution in [-0.2, 0) is 0 Å². The highest BCUT2D eigenvalue weighted by molar-refractivity contribution is 5.30. The van der Waals surface area contributed by atoms with E-state index in [9.17, 15) is 15.4 Å². The third kappa shape index (κ3) is 3.72. The summed E-state index contributed by atoms with van der Waals surface area (Å²) in [5, 5.41) is 32.5. The Balaban J connectivity index is 2.31. The standard InChI is InChI=1S/C16H25NO3/c1-17(2,20)12-15(13-6-8-14(18)9-7-13)16(19)10-4-3-5-11-16/h6-9,15,18-19H,3-5,10-12H2,1-2H3/t15-/m1/s1. The summed E-state index contributed by atoms with van der Waals surface area (Å²) >= 11 is 0. The zero-order valence-electron chi connectivity index (χ0n) is 12.4. The van der Waals surface area contributed by atoms with Gasteiger partial charge in [-0.1, -0.05) is 31.4 Å². The minimum absolute atomic E-state index is 0.184. The Kier molecular flexibility index (Phi) is 4.37. The number of rotatable bonds is 4. The van der Waals surface area contributed by atoms with Gasteiger partial charge in [-0.05, 0) is 30.5 Å². The number of aromatic hydroxyl groups is 1. The van der Waals surface area contributed by atoms with Gasteiger partial charge in [0.15, 0.2) is 0 Å². The van der Waals surface area contributed by atoms with Crippen LogP contribution >= 0.6 is 0 Å². The van der Waals surface area contributed by atoms with Crippen LogP contribution in [0.3, 0.4) is 0 Å². The van der Waals surface area contributed by atoms with Gasteiger partial charge in [-0.15, -0.1) is 0 Å². The predicted octanol–water partition coefficient (Wildman–Crippen LogP) is 2.75.